The van der Waals surface area contributed by atoms with Crippen LogP contribution >= 0.6 is 11.8 Å². The van der Waals surface area contributed by atoms with Gasteiger partial charge in [-0.1, -0.05) is 19.3 Å². The third kappa shape index (κ3) is 4.53. The first-order valence-electron chi connectivity index (χ1n) is 9.03. The van der Waals surface area contributed by atoms with E-state index in [2.05, 4.69) is 18.2 Å². The molecule has 2 aliphatic rings. The van der Waals surface area contributed by atoms with Crippen LogP contribution in [0.5, 0.6) is 0 Å². The average molecular weight is 387 g/mol. The molecule has 2 aliphatic heterocycles. The van der Waals surface area contributed by atoms with Crippen LogP contribution in [-0.2, 0) is 9.53 Å². The Morgan fingerprint density at radius 2 is 2.08 bits per heavy atom. The van der Waals surface area contributed by atoms with Gasteiger partial charge in [-0.25, -0.2) is 0 Å². The van der Waals surface area contributed by atoms with Crippen LogP contribution < -0.4 is 5.32 Å². The summed E-state index contributed by atoms with van der Waals surface area (Å²) >= 11 is 1.21. The van der Waals surface area contributed by atoms with Crippen molar-refractivity contribution < 1.29 is 24.9 Å². The lowest BCUT2D eigenvalue weighted by atomic mass is 9.94. The van der Waals surface area contributed by atoms with Crippen LogP contribution in [0.25, 0.3) is 0 Å². The number of hydrogen-bond donors (Lipinski definition) is 4. The summed E-state index contributed by atoms with van der Waals surface area (Å²) in [6.07, 6.45) is 5.25. The average Bonchev–Trinajstić information content (AvgIpc) is 2.99. The highest BCUT2D eigenvalue weighted by Gasteiger charge is 2.47. The van der Waals surface area contributed by atoms with Gasteiger partial charge >= 0.3 is 0 Å². The minimum Gasteiger partial charge on any atom is -0.387 e. The standard InChI is InChI=1S/C18H30N2O5S/c1-5-7-10-8-12(20(3)9-10)17(24)19-11(6-2)16-14(22)13(21)15(23)18(25-16)26-4/h2,10-16,18,21-23H,5,7-9H2,1,3-4H3,(H,19,24)/t10-,11-,12+,13?,14?,15-,16-,18?/m1/s1. The van der Waals surface area contributed by atoms with E-state index in [1.807, 2.05) is 11.9 Å². The molecule has 148 valence electrons. The lowest BCUT2D eigenvalue weighted by molar-refractivity contribution is -0.201. The molecular formula is C18H30N2O5S. The fraction of sp³-hybridized carbons (Fsp3) is 0.833. The fourth-order valence-corrected chi connectivity index (χ4v) is 4.52. The number of carbonyl (C=O) groups excluding carboxylic acids is 1. The summed E-state index contributed by atoms with van der Waals surface area (Å²) in [5.74, 6) is 2.73. The predicted molar refractivity (Wildman–Crippen MR) is 100 cm³/mol. The summed E-state index contributed by atoms with van der Waals surface area (Å²) in [4.78, 5) is 14.7. The van der Waals surface area contributed by atoms with Crippen LogP contribution in [0.3, 0.4) is 0 Å². The summed E-state index contributed by atoms with van der Waals surface area (Å²) in [5.41, 5.74) is -0.728. The normalized spacial score (nSPS) is 39.3. The third-order valence-corrected chi connectivity index (χ3v) is 6.13. The Kier molecular flexibility index (Phi) is 7.76. The van der Waals surface area contributed by atoms with E-state index >= 15 is 0 Å². The zero-order chi connectivity index (χ0) is 19.4. The summed E-state index contributed by atoms with van der Waals surface area (Å²) in [6, 6.07) is -1.16. The molecule has 0 aromatic rings. The van der Waals surface area contributed by atoms with Gasteiger partial charge in [-0.05, 0) is 32.1 Å². The van der Waals surface area contributed by atoms with Gasteiger partial charge in [0.25, 0.3) is 0 Å². The molecule has 2 saturated heterocycles. The molecule has 0 aromatic carbocycles. The van der Waals surface area contributed by atoms with Crippen molar-refractivity contribution in [3.63, 3.8) is 0 Å². The van der Waals surface area contributed by atoms with E-state index in [0.717, 1.165) is 25.8 Å². The summed E-state index contributed by atoms with van der Waals surface area (Å²) < 4.78 is 5.67. The van der Waals surface area contributed by atoms with Crippen molar-refractivity contribution in [3.8, 4) is 12.3 Å². The van der Waals surface area contributed by atoms with Crippen LogP contribution in [0.4, 0.5) is 0 Å². The Balaban J connectivity index is 2.04. The molecule has 8 heteroatoms. The second kappa shape index (κ2) is 9.40. The Labute approximate surface area is 159 Å². The van der Waals surface area contributed by atoms with E-state index in [1.54, 1.807) is 6.26 Å². The van der Waals surface area contributed by atoms with Crippen molar-refractivity contribution in [1.29, 1.82) is 0 Å². The van der Waals surface area contributed by atoms with Crippen LogP contribution in [0, 0.1) is 18.3 Å². The first-order valence-corrected chi connectivity index (χ1v) is 10.3. The van der Waals surface area contributed by atoms with Gasteiger partial charge in [0.1, 0.15) is 35.9 Å². The largest absolute Gasteiger partial charge is 0.387 e. The molecule has 0 bridgehead atoms. The number of carbonyl (C=O) groups is 1. The van der Waals surface area contributed by atoms with Crippen LogP contribution in [0.15, 0.2) is 0 Å². The van der Waals surface area contributed by atoms with E-state index in [-0.39, 0.29) is 11.9 Å². The Hall–Kier alpha value is -0.820. The second-order valence-electron chi connectivity index (χ2n) is 7.18. The molecule has 0 saturated carbocycles. The number of aliphatic hydroxyl groups is 3. The summed E-state index contributed by atoms with van der Waals surface area (Å²) in [7, 11) is 1.92. The van der Waals surface area contributed by atoms with Crippen molar-refractivity contribution in [2.75, 3.05) is 19.8 Å². The van der Waals surface area contributed by atoms with E-state index in [0.29, 0.717) is 5.92 Å². The van der Waals surface area contributed by atoms with E-state index in [4.69, 9.17) is 11.2 Å². The van der Waals surface area contributed by atoms with Gasteiger partial charge < -0.3 is 25.4 Å². The number of ether oxygens (including phenoxy) is 1. The number of likely N-dealkylation sites (N-methyl/N-ethyl adjacent to an activating group) is 1. The van der Waals surface area contributed by atoms with Crippen molar-refractivity contribution in [3.05, 3.63) is 0 Å². The molecule has 26 heavy (non-hydrogen) atoms. The van der Waals surface area contributed by atoms with E-state index in [9.17, 15) is 20.1 Å². The van der Waals surface area contributed by atoms with Crippen molar-refractivity contribution >= 4 is 17.7 Å². The van der Waals surface area contributed by atoms with Gasteiger partial charge in [0.05, 0.1) is 6.04 Å². The van der Waals surface area contributed by atoms with Crippen LogP contribution in [0.2, 0.25) is 0 Å². The number of nitrogens with one attached hydrogen (secondary N) is 1. The summed E-state index contributed by atoms with van der Waals surface area (Å²) in [6.45, 7) is 3.00. The van der Waals surface area contributed by atoms with Crippen molar-refractivity contribution in [1.82, 2.24) is 10.2 Å². The quantitative estimate of drug-likeness (QED) is 0.452. The van der Waals surface area contributed by atoms with Gasteiger partial charge in [0, 0.05) is 6.54 Å². The number of thioether (sulfide) groups is 1. The number of amides is 1. The number of aliphatic hydroxyl groups excluding tert-OH is 3. The number of terminal acetylenes is 1. The summed E-state index contributed by atoms with van der Waals surface area (Å²) in [5, 5.41) is 33.1. The molecule has 1 amide bonds. The fourth-order valence-electron chi connectivity index (χ4n) is 3.84. The minimum atomic E-state index is -1.39. The highest BCUT2D eigenvalue weighted by molar-refractivity contribution is 7.99. The van der Waals surface area contributed by atoms with Gasteiger partial charge in [-0.2, -0.15) is 0 Å². The molecule has 4 N–H and O–H groups in total. The maximum atomic E-state index is 12.7. The topological polar surface area (TPSA) is 102 Å². The van der Waals surface area contributed by atoms with Gasteiger partial charge in [0.15, 0.2) is 0 Å². The molecule has 0 spiro atoms. The Bertz CT molecular complexity index is 526. The molecule has 7 nitrogen and oxygen atoms in total. The van der Waals surface area contributed by atoms with Gasteiger partial charge in [-0.15, -0.1) is 18.2 Å². The van der Waals surface area contributed by atoms with Crippen molar-refractivity contribution in [2.24, 2.45) is 5.92 Å². The zero-order valence-electron chi connectivity index (χ0n) is 15.5. The van der Waals surface area contributed by atoms with E-state index in [1.165, 1.54) is 11.8 Å². The zero-order valence-corrected chi connectivity index (χ0v) is 16.4. The highest BCUT2D eigenvalue weighted by Crippen LogP contribution is 2.29. The number of likely N-dealkylation sites (tertiary alicyclic amines) is 1. The first kappa shape index (κ1) is 21.5. The van der Waals surface area contributed by atoms with Gasteiger partial charge in [-0.3, -0.25) is 9.69 Å². The molecule has 0 aromatic heterocycles. The molecule has 2 rings (SSSR count). The maximum absolute atomic E-state index is 12.7. The maximum Gasteiger partial charge on any atom is 0.238 e. The minimum absolute atomic E-state index is 0.203. The number of rotatable bonds is 6. The molecule has 0 radical (unpaired) electrons. The molecule has 8 atom stereocenters. The van der Waals surface area contributed by atoms with Crippen LogP contribution in [0.1, 0.15) is 26.2 Å². The molecule has 0 aliphatic carbocycles. The number of hydrogen-bond acceptors (Lipinski definition) is 7. The first-order chi connectivity index (χ1) is 12.3. The van der Waals surface area contributed by atoms with Crippen LogP contribution in [-0.4, -0.2) is 87.9 Å². The monoisotopic (exact) mass is 386 g/mol. The molecule has 2 heterocycles. The highest BCUT2D eigenvalue weighted by atomic mass is 32.2. The Morgan fingerprint density at radius 1 is 1.38 bits per heavy atom. The lowest BCUT2D eigenvalue weighted by Crippen LogP contribution is -2.63. The second-order valence-corrected chi connectivity index (χ2v) is 8.11. The predicted octanol–water partition coefficient (Wildman–Crippen LogP) is -0.605. The SMILES string of the molecule is C#C[C@@H](NC(=O)[C@@H]1C[C@@H](CCC)CN1C)[C@H]1OC(SC)[C@H](O)C(O)C1O. The smallest absolute Gasteiger partial charge is 0.238 e. The molecular weight excluding hydrogens is 356 g/mol. The van der Waals surface area contributed by atoms with Gasteiger partial charge in [0.2, 0.25) is 5.91 Å². The lowest BCUT2D eigenvalue weighted by Gasteiger charge is -2.42. The molecule has 3 unspecified atom stereocenters. The Morgan fingerprint density at radius 3 is 2.65 bits per heavy atom. The third-order valence-electron chi connectivity index (χ3n) is 5.28. The van der Waals surface area contributed by atoms with Crippen molar-refractivity contribution in [2.45, 2.75) is 68.1 Å². The molecule has 2 fully saturated rings. The number of nitrogens with zero attached hydrogens (tertiary/aromatic N) is 1. The van der Waals surface area contributed by atoms with E-state index < -0.39 is 35.9 Å².